The summed E-state index contributed by atoms with van der Waals surface area (Å²) in [4.78, 5) is 4.63. The molecule has 0 amide bonds. The number of nitrogens with two attached hydrogens (primary N) is 1. The molecule has 0 spiro atoms. The average molecular weight is 136 g/mol. The molecule has 0 saturated heterocycles. The molecule has 1 atom stereocenters. The molecule has 0 aliphatic carbocycles. The lowest BCUT2D eigenvalue weighted by Crippen LogP contribution is -2.25. The summed E-state index contributed by atoms with van der Waals surface area (Å²) in [7, 11) is 0. The molecule has 9 heavy (non-hydrogen) atoms. The van der Waals surface area contributed by atoms with E-state index in [2.05, 4.69) is 10.3 Å². The topological polar surface area (TPSA) is 47.3 Å². The Morgan fingerprint density at radius 1 is 1.78 bits per heavy atom. The standard InChI is InChI=1S/C5H13FN2O/c1-2-8-9-4-5(6)3-7/h5,8H,2-4,7H2,1H3. The molecule has 0 saturated carbocycles. The van der Waals surface area contributed by atoms with Crippen molar-refractivity contribution in [3.63, 3.8) is 0 Å². The lowest BCUT2D eigenvalue weighted by atomic mass is 10.4. The van der Waals surface area contributed by atoms with Crippen LogP contribution in [0.5, 0.6) is 0 Å². The zero-order chi connectivity index (χ0) is 7.11. The molecule has 0 rings (SSSR count). The third kappa shape index (κ3) is 5.68. The van der Waals surface area contributed by atoms with Crippen LogP contribution in [0.2, 0.25) is 0 Å². The highest BCUT2D eigenvalue weighted by Gasteiger charge is 2.01. The highest BCUT2D eigenvalue weighted by atomic mass is 19.1. The van der Waals surface area contributed by atoms with Gasteiger partial charge in [0.05, 0.1) is 0 Å². The van der Waals surface area contributed by atoms with Crippen molar-refractivity contribution in [1.29, 1.82) is 0 Å². The summed E-state index contributed by atoms with van der Waals surface area (Å²) >= 11 is 0. The summed E-state index contributed by atoms with van der Waals surface area (Å²) in [6.45, 7) is 2.60. The monoisotopic (exact) mass is 136 g/mol. The van der Waals surface area contributed by atoms with Crippen LogP contribution < -0.4 is 11.2 Å². The second-order valence-electron chi connectivity index (χ2n) is 1.64. The van der Waals surface area contributed by atoms with Crippen molar-refractivity contribution in [2.45, 2.75) is 13.1 Å². The van der Waals surface area contributed by atoms with Crippen molar-refractivity contribution in [1.82, 2.24) is 5.48 Å². The first-order valence-electron chi connectivity index (χ1n) is 3.00. The highest BCUT2D eigenvalue weighted by molar-refractivity contribution is 4.51. The van der Waals surface area contributed by atoms with Crippen LogP contribution in [-0.2, 0) is 4.84 Å². The maximum absolute atomic E-state index is 12.2. The van der Waals surface area contributed by atoms with Crippen LogP contribution >= 0.6 is 0 Å². The molecule has 3 N–H and O–H groups in total. The minimum Gasteiger partial charge on any atom is -0.328 e. The zero-order valence-corrected chi connectivity index (χ0v) is 5.56. The second-order valence-corrected chi connectivity index (χ2v) is 1.64. The largest absolute Gasteiger partial charge is 0.328 e. The SMILES string of the molecule is CCNOCC(F)CN. The van der Waals surface area contributed by atoms with Crippen LogP contribution in [-0.4, -0.2) is 25.9 Å². The van der Waals surface area contributed by atoms with E-state index in [-0.39, 0.29) is 13.2 Å². The Bertz CT molecular complexity index is 62.9. The maximum Gasteiger partial charge on any atom is 0.137 e. The predicted octanol–water partition coefficient (Wildman–Crippen LogP) is -0.176. The molecule has 1 unspecified atom stereocenters. The average Bonchev–Trinajstić information content (AvgIpc) is 1.89. The highest BCUT2D eigenvalue weighted by Crippen LogP contribution is 1.85. The number of hydrogen-bond acceptors (Lipinski definition) is 3. The van der Waals surface area contributed by atoms with E-state index in [0.29, 0.717) is 6.54 Å². The van der Waals surface area contributed by atoms with Crippen molar-refractivity contribution in [2.24, 2.45) is 5.73 Å². The predicted molar refractivity (Wildman–Crippen MR) is 33.6 cm³/mol. The molecule has 0 fully saturated rings. The molecule has 0 aliphatic rings. The van der Waals surface area contributed by atoms with Gasteiger partial charge in [-0.05, 0) is 0 Å². The fourth-order valence-corrected chi connectivity index (χ4v) is 0.319. The van der Waals surface area contributed by atoms with E-state index in [1.807, 2.05) is 6.92 Å². The fraction of sp³-hybridized carbons (Fsp3) is 1.00. The van der Waals surface area contributed by atoms with Gasteiger partial charge in [-0.15, -0.1) is 0 Å². The summed E-state index contributed by atoms with van der Waals surface area (Å²) in [5.74, 6) is 0. The van der Waals surface area contributed by atoms with E-state index in [1.54, 1.807) is 0 Å². The van der Waals surface area contributed by atoms with E-state index in [4.69, 9.17) is 5.73 Å². The first-order chi connectivity index (χ1) is 4.31. The number of hydroxylamine groups is 1. The summed E-state index contributed by atoms with van der Waals surface area (Å²) in [6, 6.07) is 0. The third-order valence-electron chi connectivity index (χ3n) is 0.766. The normalized spacial score (nSPS) is 13.7. The van der Waals surface area contributed by atoms with Gasteiger partial charge in [0.25, 0.3) is 0 Å². The summed E-state index contributed by atoms with van der Waals surface area (Å²) in [5, 5.41) is 0. The van der Waals surface area contributed by atoms with Crippen LogP contribution in [0.1, 0.15) is 6.92 Å². The Labute approximate surface area is 54.3 Å². The minimum atomic E-state index is -1.05. The molecule has 0 radical (unpaired) electrons. The first kappa shape index (κ1) is 8.81. The van der Waals surface area contributed by atoms with E-state index in [0.717, 1.165) is 0 Å². The molecule has 0 aliphatic heterocycles. The quantitative estimate of drug-likeness (QED) is 0.407. The van der Waals surface area contributed by atoms with E-state index < -0.39 is 6.17 Å². The number of rotatable bonds is 5. The summed E-state index contributed by atoms with van der Waals surface area (Å²) in [6.07, 6.45) is -1.05. The first-order valence-corrected chi connectivity index (χ1v) is 3.00. The lowest BCUT2D eigenvalue weighted by Gasteiger charge is -2.04. The smallest absolute Gasteiger partial charge is 0.137 e. The Kier molecular flexibility index (Phi) is 5.81. The number of halogens is 1. The molecule has 0 aromatic heterocycles. The van der Waals surface area contributed by atoms with Gasteiger partial charge in [-0.1, -0.05) is 6.92 Å². The summed E-state index contributed by atoms with van der Waals surface area (Å²) < 4.78 is 12.2. The second kappa shape index (κ2) is 5.94. The zero-order valence-electron chi connectivity index (χ0n) is 5.56. The van der Waals surface area contributed by atoms with Gasteiger partial charge < -0.3 is 5.73 Å². The number of hydrogen-bond donors (Lipinski definition) is 2. The van der Waals surface area contributed by atoms with Crippen LogP contribution in [0.25, 0.3) is 0 Å². The van der Waals surface area contributed by atoms with E-state index in [1.165, 1.54) is 0 Å². The Balaban J connectivity index is 2.88. The van der Waals surface area contributed by atoms with Gasteiger partial charge in [0.1, 0.15) is 12.8 Å². The van der Waals surface area contributed by atoms with Crippen molar-refractivity contribution in [2.75, 3.05) is 19.7 Å². The van der Waals surface area contributed by atoms with Crippen molar-refractivity contribution < 1.29 is 9.23 Å². The van der Waals surface area contributed by atoms with E-state index >= 15 is 0 Å². The summed E-state index contributed by atoms with van der Waals surface area (Å²) in [5.41, 5.74) is 7.49. The van der Waals surface area contributed by atoms with Crippen LogP contribution in [0, 0.1) is 0 Å². The minimum absolute atomic E-state index is 0.0192. The lowest BCUT2D eigenvalue weighted by molar-refractivity contribution is 0.0122. The fourth-order valence-electron chi connectivity index (χ4n) is 0.319. The Morgan fingerprint density at radius 2 is 2.44 bits per heavy atom. The van der Waals surface area contributed by atoms with Gasteiger partial charge in [0.2, 0.25) is 0 Å². The molecule has 0 bridgehead atoms. The molecule has 0 heterocycles. The van der Waals surface area contributed by atoms with Crippen LogP contribution in [0.4, 0.5) is 4.39 Å². The molecule has 56 valence electrons. The van der Waals surface area contributed by atoms with E-state index in [9.17, 15) is 4.39 Å². The maximum atomic E-state index is 12.2. The molecule has 0 aromatic carbocycles. The van der Waals surface area contributed by atoms with Gasteiger partial charge in [0.15, 0.2) is 0 Å². The van der Waals surface area contributed by atoms with Gasteiger partial charge in [-0.25, -0.2) is 9.87 Å². The molecule has 0 aromatic rings. The van der Waals surface area contributed by atoms with Gasteiger partial charge >= 0.3 is 0 Å². The molecule has 3 nitrogen and oxygen atoms in total. The van der Waals surface area contributed by atoms with Crippen molar-refractivity contribution >= 4 is 0 Å². The number of alkyl halides is 1. The van der Waals surface area contributed by atoms with Gasteiger partial charge in [-0.2, -0.15) is 0 Å². The third-order valence-corrected chi connectivity index (χ3v) is 0.766. The molecular formula is C5H13FN2O. The Morgan fingerprint density at radius 3 is 2.89 bits per heavy atom. The van der Waals surface area contributed by atoms with Gasteiger partial charge in [-0.3, -0.25) is 4.84 Å². The van der Waals surface area contributed by atoms with Crippen LogP contribution in [0.15, 0.2) is 0 Å². The van der Waals surface area contributed by atoms with Gasteiger partial charge in [0, 0.05) is 13.1 Å². The van der Waals surface area contributed by atoms with Crippen molar-refractivity contribution in [3.8, 4) is 0 Å². The van der Waals surface area contributed by atoms with Crippen molar-refractivity contribution in [3.05, 3.63) is 0 Å². The molecular weight excluding hydrogens is 123 g/mol. The number of nitrogens with one attached hydrogen (secondary N) is 1. The Hall–Kier alpha value is -0.190. The molecule has 4 heteroatoms. The van der Waals surface area contributed by atoms with Crippen LogP contribution in [0.3, 0.4) is 0 Å².